The van der Waals surface area contributed by atoms with Crippen molar-refractivity contribution >= 4 is 16.9 Å². The summed E-state index contributed by atoms with van der Waals surface area (Å²) in [5.41, 5.74) is 1.21. The summed E-state index contributed by atoms with van der Waals surface area (Å²) in [6.45, 7) is 2.93. The second kappa shape index (κ2) is 5.96. The van der Waals surface area contributed by atoms with E-state index in [9.17, 15) is 0 Å². The van der Waals surface area contributed by atoms with Crippen LogP contribution in [-0.2, 0) is 6.54 Å². The fourth-order valence-corrected chi connectivity index (χ4v) is 2.73. The van der Waals surface area contributed by atoms with Crippen molar-refractivity contribution in [3.05, 3.63) is 29.8 Å². The number of ether oxygens (including phenoxy) is 1. The Labute approximate surface area is 107 Å². The number of hydrogen-bond donors (Lipinski definition) is 1. The van der Waals surface area contributed by atoms with Gasteiger partial charge in [-0.15, -0.1) is 0 Å². The van der Waals surface area contributed by atoms with E-state index in [1.807, 2.05) is 23.9 Å². The summed E-state index contributed by atoms with van der Waals surface area (Å²) in [5.74, 6) is 2.03. The highest BCUT2D eigenvalue weighted by Gasteiger charge is 2.17. The van der Waals surface area contributed by atoms with Gasteiger partial charge in [-0.1, -0.05) is 30.8 Å². The Morgan fingerprint density at radius 3 is 2.76 bits per heavy atom. The first-order valence-electron chi connectivity index (χ1n) is 5.88. The number of methoxy groups -OCH3 is 1. The second-order valence-corrected chi connectivity index (χ2v) is 5.04. The number of aliphatic imine (C=N–C) groups is 1. The van der Waals surface area contributed by atoms with E-state index in [0.717, 1.165) is 29.6 Å². The van der Waals surface area contributed by atoms with Crippen LogP contribution in [0, 0.1) is 0 Å². The van der Waals surface area contributed by atoms with Crippen LogP contribution >= 0.6 is 11.8 Å². The Morgan fingerprint density at radius 1 is 1.41 bits per heavy atom. The molecule has 1 N–H and O–H groups in total. The number of amidine groups is 1. The maximum Gasteiger partial charge on any atom is 0.157 e. The second-order valence-electron chi connectivity index (χ2n) is 4.03. The van der Waals surface area contributed by atoms with Gasteiger partial charge in [0.15, 0.2) is 5.17 Å². The van der Waals surface area contributed by atoms with E-state index in [2.05, 4.69) is 29.4 Å². The van der Waals surface area contributed by atoms with Gasteiger partial charge in [0.05, 0.1) is 13.7 Å². The molecule has 0 bridgehead atoms. The molecule has 0 amide bonds. The van der Waals surface area contributed by atoms with Crippen LogP contribution in [0.25, 0.3) is 0 Å². The molecule has 2 rings (SSSR count). The minimum absolute atomic E-state index is 0.592. The molecule has 0 aliphatic carbocycles. The molecule has 0 radical (unpaired) electrons. The fourth-order valence-electron chi connectivity index (χ4n) is 1.64. The Bertz CT molecular complexity index is 389. The van der Waals surface area contributed by atoms with E-state index in [1.165, 1.54) is 5.56 Å². The van der Waals surface area contributed by atoms with E-state index in [4.69, 9.17) is 4.74 Å². The number of nitrogens with one attached hydrogen (secondary N) is 1. The molecule has 0 spiro atoms. The van der Waals surface area contributed by atoms with Crippen LogP contribution in [0.4, 0.5) is 0 Å². The van der Waals surface area contributed by atoms with Crippen LogP contribution in [0.1, 0.15) is 18.9 Å². The van der Waals surface area contributed by atoms with Gasteiger partial charge in [0, 0.05) is 11.8 Å². The summed E-state index contributed by atoms with van der Waals surface area (Å²) < 4.78 is 5.12. The van der Waals surface area contributed by atoms with E-state index < -0.39 is 0 Å². The number of rotatable bonds is 4. The third-order valence-corrected chi connectivity index (χ3v) is 3.90. The van der Waals surface area contributed by atoms with Gasteiger partial charge in [-0.25, -0.2) is 0 Å². The van der Waals surface area contributed by atoms with Crippen molar-refractivity contribution < 1.29 is 4.74 Å². The zero-order chi connectivity index (χ0) is 12.1. The Balaban J connectivity index is 1.90. The predicted molar refractivity (Wildman–Crippen MR) is 73.8 cm³/mol. The smallest absolute Gasteiger partial charge is 0.157 e. The molecule has 1 unspecified atom stereocenters. The van der Waals surface area contributed by atoms with Crippen molar-refractivity contribution in [3.63, 3.8) is 0 Å². The van der Waals surface area contributed by atoms with Crippen LogP contribution in [0.2, 0.25) is 0 Å². The molecule has 4 heteroatoms. The lowest BCUT2D eigenvalue weighted by Crippen LogP contribution is -2.25. The molecule has 1 atom stereocenters. The third kappa shape index (κ3) is 3.40. The molecule has 92 valence electrons. The first kappa shape index (κ1) is 12.3. The SMILES string of the molecule is CCC1CSC(=NCc2ccc(OC)cc2)N1. The molecule has 1 saturated heterocycles. The fraction of sp³-hybridized carbons (Fsp3) is 0.462. The van der Waals surface area contributed by atoms with E-state index in [1.54, 1.807) is 7.11 Å². The van der Waals surface area contributed by atoms with Gasteiger partial charge < -0.3 is 10.1 Å². The summed E-state index contributed by atoms with van der Waals surface area (Å²) in [6.07, 6.45) is 1.16. The quantitative estimate of drug-likeness (QED) is 0.892. The lowest BCUT2D eigenvalue weighted by Gasteiger charge is -2.05. The van der Waals surface area contributed by atoms with E-state index >= 15 is 0 Å². The average molecular weight is 250 g/mol. The molecular weight excluding hydrogens is 232 g/mol. The third-order valence-electron chi connectivity index (χ3n) is 2.81. The van der Waals surface area contributed by atoms with Gasteiger partial charge in [-0.05, 0) is 24.1 Å². The Morgan fingerprint density at radius 2 is 2.18 bits per heavy atom. The maximum absolute atomic E-state index is 5.12. The number of benzene rings is 1. The van der Waals surface area contributed by atoms with Crippen LogP contribution in [0.5, 0.6) is 5.75 Å². The maximum atomic E-state index is 5.12. The molecule has 1 aliphatic rings. The first-order chi connectivity index (χ1) is 8.31. The molecule has 1 aliphatic heterocycles. The lowest BCUT2D eigenvalue weighted by molar-refractivity contribution is 0.414. The van der Waals surface area contributed by atoms with Crippen molar-refractivity contribution in [1.29, 1.82) is 0 Å². The highest BCUT2D eigenvalue weighted by molar-refractivity contribution is 8.14. The van der Waals surface area contributed by atoms with Crippen molar-refractivity contribution in [2.45, 2.75) is 25.9 Å². The molecule has 0 saturated carbocycles. The van der Waals surface area contributed by atoms with Crippen molar-refractivity contribution in [2.75, 3.05) is 12.9 Å². The van der Waals surface area contributed by atoms with Gasteiger partial charge in [0.1, 0.15) is 5.75 Å². The number of hydrogen-bond acceptors (Lipinski definition) is 3. The van der Waals surface area contributed by atoms with Gasteiger partial charge in [-0.3, -0.25) is 4.99 Å². The Kier molecular flexibility index (Phi) is 4.31. The summed E-state index contributed by atoms with van der Waals surface area (Å²) in [7, 11) is 1.68. The summed E-state index contributed by atoms with van der Waals surface area (Å²) in [4.78, 5) is 4.57. The monoisotopic (exact) mass is 250 g/mol. The van der Waals surface area contributed by atoms with Crippen LogP contribution in [0.15, 0.2) is 29.3 Å². The number of nitrogens with zero attached hydrogens (tertiary/aromatic N) is 1. The molecule has 1 aromatic carbocycles. The summed E-state index contributed by atoms with van der Waals surface area (Å²) in [5, 5.41) is 4.50. The van der Waals surface area contributed by atoms with Crippen LogP contribution in [0.3, 0.4) is 0 Å². The zero-order valence-electron chi connectivity index (χ0n) is 10.3. The van der Waals surface area contributed by atoms with Crippen LogP contribution in [-0.4, -0.2) is 24.1 Å². The molecule has 1 heterocycles. The standard InChI is InChI=1S/C13H18N2OS/c1-3-11-9-17-13(15-11)14-8-10-4-6-12(16-2)7-5-10/h4-7,11H,3,8-9H2,1-2H3,(H,14,15). The van der Waals surface area contributed by atoms with Crippen LogP contribution < -0.4 is 10.1 Å². The highest BCUT2D eigenvalue weighted by Crippen LogP contribution is 2.17. The highest BCUT2D eigenvalue weighted by atomic mass is 32.2. The molecule has 0 aromatic heterocycles. The zero-order valence-corrected chi connectivity index (χ0v) is 11.1. The molecule has 17 heavy (non-hydrogen) atoms. The molecule has 1 fully saturated rings. The predicted octanol–water partition coefficient (Wildman–Crippen LogP) is 2.67. The normalized spacial score (nSPS) is 21.5. The van der Waals surface area contributed by atoms with E-state index in [0.29, 0.717) is 6.04 Å². The molecule has 1 aromatic rings. The Hall–Kier alpha value is -1.16. The van der Waals surface area contributed by atoms with Crippen molar-refractivity contribution in [3.8, 4) is 5.75 Å². The van der Waals surface area contributed by atoms with Gasteiger partial charge >= 0.3 is 0 Å². The number of thioether (sulfide) groups is 1. The van der Waals surface area contributed by atoms with Crippen molar-refractivity contribution in [2.24, 2.45) is 4.99 Å². The topological polar surface area (TPSA) is 33.6 Å². The van der Waals surface area contributed by atoms with Crippen molar-refractivity contribution in [1.82, 2.24) is 5.32 Å². The first-order valence-corrected chi connectivity index (χ1v) is 6.87. The van der Waals surface area contributed by atoms with Gasteiger partial charge in [0.2, 0.25) is 0 Å². The van der Waals surface area contributed by atoms with Gasteiger partial charge in [0.25, 0.3) is 0 Å². The molecular formula is C13H18N2OS. The minimum atomic E-state index is 0.592. The molecule has 3 nitrogen and oxygen atoms in total. The lowest BCUT2D eigenvalue weighted by atomic mass is 10.2. The minimum Gasteiger partial charge on any atom is -0.497 e. The summed E-state index contributed by atoms with van der Waals surface area (Å²) >= 11 is 1.82. The van der Waals surface area contributed by atoms with E-state index in [-0.39, 0.29) is 0 Å². The average Bonchev–Trinajstić information content (AvgIpc) is 2.85. The summed E-state index contributed by atoms with van der Waals surface area (Å²) in [6, 6.07) is 8.65. The largest absolute Gasteiger partial charge is 0.497 e. The van der Waals surface area contributed by atoms with Gasteiger partial charge in [-0.2, -0.15) is 0 Å².